The van der Waals surface area contributed by atoms with Crippen molar-refractivity contribution in [3.63, 3.8) is 0 Å². The third-order valence-corrected chi connectivity index (χ3v) is 4.73. The number of nitrogens with zero attached hydrogens (tertiary/aromatic N) is 2. The molecule has 7 heteroatoms. The average molecular weight is 490 g/mol. The third kappa shape index (κ3) is 8.23. The number of guanidine groups is 1. The zero-order valence-corrected chi connectivity index (χ0v) is 19.2. The molecule has 0 amide bonds. The van der Waals surface area contributed by atoms with Gasteiger partial charge in [0.05, 0.1) is 13.2 Å². The Kier molecular flexibility index (Phi) is 12.4. The molecule has 27 heavy (non-hydrogen) atoms. The minimum atomic E-state index is 0. The highest BCUT2D eigenvalue weighted by atomic mass is 127. The smallest absolute Gasteiger partial charge is 0.191 e. The Morgan fingerprint density at radius 2 is 1.89 bits per heavy atom. The quantitative estimate of drug-likeness (QED) is 0.229. The number of ether oxygens (including phenoxy) is 2. The molecule has 1 aromatic rings. The Hall–Kier alpha value is -1.06. The lowest BCUT2D eigenvalue weighted by atomic mass is 10.1. The molecule has 0 spiro atoms. The van der Waals surface area contributed by atoms with Crippen molar-refractivity contribution in [2.75, 3.05) is 53.6 Å². The summed E-state index contributed by atoms with van der Waals surface area (Å²) in [5.41, 5.74) is 1.31. The number of hydrogen-bond acceptors (Lipinski definition) is 4. The maximum absolute atomic E-state index is 5.37. The minimum absolute atomic E-state index is 0. The molecule has 1 fully saturated rings. The molecule has 6 nitrogen and oxygen atoms in total. The first-order valence-corrected chi connectivity index (χ1v) is 9.68. The fourth-order valence-corrected chi connectivity index (χ4v) is 3.28. The summed E-state index contributed by atoms with van der Waals surface area (Å²) in [4.78, 5) is 6.89. The van der Waals surface area contributed by atoms with Crippen molar-refractivity contribution in [2.24, 2.45) is 4.99 Å². The average Bonchev–Trinajstić information content (AvgIpc) is 3.21. The fourth-order valence-electron chi connectivity index (χ4n) is 3.28. The largest absolute Gasteiger partial charge is 0.497 e. The number of halogens is 1. The van der Waals surface area contributed by atoms with E-state index >= 15 is 0 Å². The van der Waals surface area contributed by atoms with Gasteiger partial charge >= 0.3 is 0 Å². The number of likely N-dealkylation sites (tertiary alicyclic amines) is 1. The maximum atomic E-state index is 5.37. The molecule has 0 aromatic heterocycles. The SMILES string of the molecule is CCOCCCNC(=NC)NCC(c1ccc(OC)cc1)N1CCCC1.I. The number of benzene rings is 1. The van der Waals surface area contributed by atoms with Crippen LogP contribution in [-0.4, -0.2) is 64.4 Å². The number of hydrogen-bond donors (Lipinski definition) is 2. The van der Waals surface area contributed by atoms with Crippen LogP contribution in [0.1, 0.15) is 37.8 Å². The van der Waals surface area contributed by atoms with Crippen LogP contribution >= 0.6 is 24.0 Å². The van der Waals surface area contributed by atoms with Crippen LogP contribution in [0.4, 0.5) is 0 Å². The molecule has 1 aromatic carbocycles. The Morgan fingerprint density at radius 1 is 1.19 bits per heavy atom. The van der Waals surface area contributed by atoms with E-state index in [0.717, 1.165) is 57.5 Å². The van der Waals surface area contributed by atoms with Crippen molar-refractivity contribution in [2.45, 2.75) is 32.2 Å². The van der Waals surface area contributed by atoms with Gasteiger partial charge in [-0.25, -0.2) is 0 Å². The van der Waals surface area contributed by atoms with Crippen LogP contribution in [0.3, 0.4) is 0 Å². The second kappa shape index (κ2) is 14.0. The van der Waals surface area contributed by atoms with E-state index in [0.29, 0.717) is 6.04 Å². The minimum Gasteiger partial charge on any atom is -0.497 e. The number of nitrogens with one attached hydrogen (secondary N) is 2. The molecule has 1 heterocycles. The zero-order chi connectivity index (χ0) is 18.6. The number of methoxy groups -OCH3 is 1. The molecule has 1 aliphatic heterocycles. The van der Waals surface area contributed by atoms with E-state index in [9.17, 15) is 0 Å². The van der Waals surface area contributed by atoms with Crippen LogP contribution in [-0.2, 0) is 4.74 Å². The molecule has 2 rings (SSSR count). The zero-order valence-electron chi connectivity index (χ0n) is 16.9. The van der Waals surface area contributed by atoms with Crippen molar-refractivity contribution < 1.29 is 9.47 Å². The van der Waals surface area contributed by atoms with E-state index in [-0.39, 0.29) is 24.0 Å². The molecule has 0 bridgehead atoms. The van der Waals surface area contributed by atoms with E-state index in [4.69, 9.17) is 9.47 Å². The molecule has 2 N–H and O–H groups in total. The molecule has 0 aliphatic carbocycles. The second-order valence-electron chi connectivity index (χ2n) is 6.46. The van der Waals surface area contributed by atoms with Crippen molar-refractivity contribution in [1.29, 1.82) is 0 Å². The van der Waals surface area contributed by atoms with Gasteiger partial charge in [-0.3, -0.25) is 9.89 Å². The van der Waals surface area contributed by atoms with Crippen LogP contribution in [0, 0.1) is 0 Å². The van der Waals surface area contributed by atoms with Crippen LogP contribution in [0.15, 0.2) is 29.3 Å². The van der Waals surface area contributed by atoms with Crippen LogP contribution in [0.2, 0.25) is 0 Å². The summed E-state index contributed by atoms with van der Waals surface area (Å²) < 4.78 is 10.7. The Bertz CT molecular complexity index is 533. The van der Waals surface area contributed by atoms with Gasteiger partial charge in [0.2, 0.25) is 0 Å². The highest BCUT2D eigenvalue weighted by molar-refractivity contribution is 14.0. The standard InChI is InChI=1S/C20H34N4O2.HI/c1-4-26-15-7-12-22-20(21-2)23-16-19(24-13-5-6-14-24)17-8-10-18(25-3)11-9-17;/h8-11,19H,4-7,12-16H2,1-3H3,(H2,21,22,23);1H. The van der Waals surface area contributed by atoms with Crippen LogP contribution in [0.25, 0.3) is 0 Å². The second-order valence-corrected chi connectivity index (χ2v) is 6.46. The molecular weight excluding hydrogens is 455 g/mol. The van der Waals surface area contributed by atoms with E-state index in [1.54, 1.807) is 7.11 Å². The maximum Gasteiger partial charge on any atom is 0.191 e. The van der Waals surface area contributed by atoms with Crippen molar-refractivity contribution in [3.8, 4) is 5.75 Å². The summed E-state index contributed by atoms with van der Waals surface area (Å²) in [5.74, 6) is 1.74. The Morgan fingerprint density at radius 3 is 2.48 bits per heavy atom. The van der Waals surface area contributed by atoms with Gasteiger partial charge in [-0.15, -0.1) is 24.0 Å². The Balaban J connectivity index is 0.00000364. The topological polar surface area (TPSA) is 58.1 Å². The van der Waals surface area contributed by atoms with E-state index in [1.807, 2.05) is 26.1 Å². The monoisotopic (exact) mass is 490 g/mol. The highest BCUT2D eigenvalue weighted by Gasteiger charge is 2.23. The molecule has 1 unspecified atom stereocenters. The van der Waals surface area contributed by atoms with Gasteiger partial charge in [-0.2, -0.15) is 0 Å². The first-order valence-electron chi connectivity index (χ1n) is 9.68. The van der Waals surface area contributed by atoms with Gasteiger partial charge in [-0.05, 0) is 57.0 Å². The summed E-state index contributed by atoms with van der Waals surface area (Å²) in [6.07, 6.45) is 3.52. The lowest BCUT2D eigenvalue weighted by Crippen LogP contribution is -2.43. The summed E-state index contributed by atoms with van der Waals surface area (Å²) in [6.45, 7) is 7.56. The molecule has 1 aliphatic rings. The summed E-state index contributed by atoms with van der Waals surface area (Å²) >= 11 is 0. The van der Waals surface area contributed by atoms with Gasteiger partial charge in [0.25, 0.3) is 0 Å². The van der Waals surface area contributed by atoms with Gasteiger partial charge in [0.1, 0.15) is 5.75 Å². The van der Waals surface area contributed by atoms with Gasteiger partial charge in [0, 0.05) is 33.4 Å². The van der Waals surface area contributed by atoms with Gasteiger partial charge in [-0.1, -0.05) is 12.1 Å². The first kappa shape index (κ1) is 24.0. The molecule has 0 saturated carbocycles. The lowest BCUT2D eigenvalue weighted by Gasteiger charge is -2.29. The third-order valence-electron chi connectivity index (χ3n) is 4.73. The molecule has 154 valence electrons. The molecule has 0 radical (unpaired) electrons. The fraction of sp³-hybridized carbons (Fsp3) is 0.650. The van der Waals surface area contributed by atoms with Crippen LogP contribution in [0.5, 0.6) is 5.75 Å². The predicted molar refractivity (Wildman–Crippen MR) is 122 cm³/mol. The molecule has 1 atom stereocenters. The highest BCUT2D eigenvalue weighted by Crippen LogP contribution is 2.26. The van der Waals surface area contributed by atoms with Crippen LogP contribution < -0.4 is 15.4 Å². The van der Waals surface area contributed by atoms with Crippen molar-refractivity contribution >= 4 is 29.9 Å². The molecule has 1 saturated heterocycles. The van der Waals surface area contributed by atoms with Gasteiger partial charge in [0.15, 0.2) is 5.96 Å². The van der Waals surface area contributed by atoms with Crippen molar-refractivity contribution in [1.82, 2.24) is 15.5 Å². The summed E-state index contributed by atoms with van der Waals surface area (Å²) in [7, 11) is 3.52. The Labute approximate surface area is 181 Å². The summed E-state index contributed by atoms with van der Waals surface area (Å²) in [5, 5.41) is 6.85. The number of rotatable bonds is 10. The normalized spacial score (nSPS) is 15.9. The summed E-state index contributed by atoms with van der Waals surface area (Å²) in [6, 6.07) is 8.76. The number of aliphatic imine (C=N–C) groups is 1. The predicted octanol–water partition coefficient (Wildman–Crippen LogP) is 3.04. The molecular formula is C20H35IN4O2. The van der Waals surface area contributed by atoms with Crippen molar-refractivity contribution in [3.05, 3.63) is 29.8 Å². The van der Waals surface area contributed by atoms with E-state index in [1.165, 1.54) is 18.4 Å². The lowest BCUT2D eigenvalue weighted by molar-refractivity contribution is 0.145. The van der Waals surface area contributed by atoms with E-state index < -0.39 is 0 Å². The van der Waals surface area contributed by atoms with E-state index in [2.05, 4.69) is 32.7 Å². The first-order chi connectivity index (χ1) is 12.8. The van der Waals surface area contributed by atoms with Gasteiger partial charge < -0.3 is 20.1 Å².